The third kappa shape index (κ3) is 2.39. The maximum Gasteiger partial charge on any atom is 0.416 e. The Hall–Kier alpha value is -2.54. The van der Waals surface area contributed by atoms with Gasteiger partial charge in [0, 0.05) is 5.69 Å². The number of amides is 1. The summed E-state index contributed by atoms with van der Waals surface area (Å²) in [6.07, 6.45) is -5.37. The molecule has 2 aromatic rings. The SMILES string of the molecule is O=C1c2ccccc2NC(c2ccc(C(F)(F)F)cc2)N1O. The zero-order chi connectivity index (χ0) is 15.9. The summed E-state index contributed by atoms with van der Waals surface area (Å²) in [7, 11) is 0. The van der Waals surface area contributed by atoms with Gasteiger partial charge in [-0.2, -0.15) is 18.2 Å². The minimum Gasteiger partial charge on any atom is -0.359 e. The second-order valence-electron chi connectivity index (χ2n) is 4.86. The van der Waals surface area contributed by atoms with Crippen LogP contribution in [-0.4, -0.2) is 16.2 Å². The van der Waals surface area contributed by atoms with Gasteiger partial charge in [0.1, 0.15) is 0 Å². The number of carbonyl (C=O) groups excluding carboxylic acids is 1. The lowest BCUT2D eigenvalue weighted by Crippen LogP contribution is -2.40. The second-order valence-corrected chi connectivity index (χ2v) is 4.86. The van der Waals surface area contributed by atoms with Gasteiger partial charge in [0.05, 0.1) is 11.1 Å². The summed E-state index contributed by atoms with van der Waals surface area (Å²) >= 11 is 0. The van der Waals surface area contributed by atoms with E-state index in [0.717, 1.165) is 12.1 Å². The third-order valence-corrected chi connectivity index (χ3v) is 3.46. The molecule has 1 atom stereocenters. The maximum atomic E-state index is 12.6. The number of alkyl halides is 3. The van der Waals surface area contributed by atoms with Crippen LogP contribution in [0.4, 0.5) is 18.9 Å². The summed E-state index contributed by atoms with van der Waals surface area (Å²) < 4.78 is 37.7. The third-order valence-electron chi connectivity index (χ3n) is 3.46. The average molecular weight is 308 g/mol. The number of benzene rings is 2. The van der Waals surface area contributed by atoms with Crippen LogP contribution in [0.5, 0.6) is 0 Å². The Kier molecular flexibility index (Phi) is 3.29. The summed E-state index contributed by atoms with van der Waals surface area (Å²) in [5.41, 5.74) is 0.373. The van der Waals surface area contributed by atoms with Crippen molar-refractivity contribution in [2.75, 3.05) is 5.32 Å². The number of para-hydroxylation sites is 1. The first kappa shape index (κ1) is 14.4. The molecule has 0 fully saturated rings. The number of hydrogen-bond acceptors (Lipinski definition) is 3. The summed E-state index contributed by atoms with van der Waals surface area (Å²) in [4.78, 5) is 12.1. The highest BCUT2D eigenvalue weighted by Gasteiger charge is 2.34. The van der Waals surface area contributed by atoms with Gasteiger partial charge < -0.3 is 5.32 Å². The number of fused-ring (bicyclic) bond motifs is 1. The number of nitrogens with zero attached hydrogens (tertiary/aromatic N) is 1. The van der Waals surface area contributed by atoms with E-state index in [1.165, 1.54) is 12.1 Å². The molecule has 3 rings (SSSR count). The van der Waals surface area contributed by atoms with Gasteiger partial charge in [0.25, 0.3) is 5.91 Å². The minimum absolute atomic E-state index is 0.299. The first-order chi connectivity index (χ1) is 10.4. The molecule has 4 nitrogen and oxygen atoms in total. The number of rotatable bonds is 1. The molecule has 0 bridgehead atoms. The van der Waals surface area contributed by atoms with E-state index in [4.69, 9.17) is 0 Å². The lowest BCUT2D eigenvalue weighted by molar-refractivity contribution is -0.137. The van der Waals surface area contributed by atoms with E-state index in [9.17, 15) is 23.2 Å². The lowest BCUT2D eigenvalue weighted by Gasteiger charge is -2.33. The van der Waals surface area contributed by atoms with Crippen molar-refractivity contribution < 1.29 is 23.2 Å². The largest absolute Gasteiger partial charge is 0.416 e. The van der Waals surface area contributed by atoms with Gasteiger partial charge in [-0.05, 0) is 29.8 Å². The van der Waals surface area contributed by atoms with Gasteiger partial charge in [0.2, 0.25) is 0 Å². The molecule has 0 radical (unpaired) electrons. The average Bonchev–Trinajstić information content (AvgIpc) is 2.50. The van der Waals surface area contributed by atoms with E-state index in [2.05, 4.69) is 5.32 Å². The predicted octanol–water partition coefficient (Wildman–Crippen LogP) is 3.66. The van der Waals surface area contributed by atoms with Crippen molar-refractivity contribution in [3.05, 3.63) is 65.2 Å². The molecule has 114 valence electrons. The number of nitrogens with one attached hydrogen (secondary N) is 1. The van der Waals surface area contributed by atoms with E-state index >= 15 is 0 Å². The van der Waals surface area contributed by atoms with Crippen molar-refractivity contribution in [3.63, 3.8) is 0 Å². The zero-order valence-electron chi connectivity index (χ0n) is 11.1. The van der Waals surface area contributed by atoms with Crippen LogP contribution < -0.4 is 5.32 Å². The van der Waals surface area contributed by atoms with Gasteiger partial charge in [-0.25, -0.2) is 0 Å². The van der Waals surface area contributed by atoms with Crippen LogP contribution >= 0.6 is 0 Å². The maximum absolute atomic E-state index is 12.6. The first-order valence-electron chi connectivity index (χ1n) is 6.43. The fraction of sp³-hybridized carbons (Fsp3) is 0.133. The Bertz CT molecular complexity index is 713. The molecule has 1 aliphatic rings. The molecule has 1 aliphatic heterocycles. The van der Waals surface area contributed by atoms with Crippen molar-refractivity contribution in [2.24, 2.45) is 0 Å². The fourth-order valence-electron chi connectivity index (χ4n) is 2.32. The monoisotopic (exact) mass is 308 g/mol. The van der Waals surface area contributed by atoms with Crippen LogP contribution in [0.25, 0.3) is 0 Å². The zero-order valence-corrected chi connectivity index (χ0v) is 11.1. The minimum atomic E-state index is -4.43. The smallest absolute Gasteiger partial charge is 0.359 e. The second kappa shape index (κ2) is 5.03. The van der Waals surface area contributed by atoms with Crippen molar-refractivity contribution in [1.29, 1.82) is 0 Å². The highest BCUT2D eigenvalue weighted by atomic mass is 19.4. The molecule has 1 heterocycles. The molecule has 7 heteroatoms. The molecule has 1 unspecified atom stereocenters. The van der Waals surface area contributed by atoms with Crippen LogP contribution in [0.2, 0.25) is 0 Å². The Morgan fingerprint density at radius 1 is 1.05 bits per heavy atom. The van der Waals surface area contributed by atoms with E-state index in [-0.39, 0.29) is 0 Å². The number of anilines is 1. The summed E-state index contributed by atoms with van der Waals surface area (Å²) in [6.45, 7) is 0. The number of halogens is 3. The van der Waals surface area contributed by atoms with Gasteiger partial charge in [-0.15, -0.1) is 0 Å². The number of hydroxylamine groups is 2. The van der Waals surface area contributed by atoms with Crippen molar-refractivity contribution >= 4 is 11.6 Å². The van der Waals surface area contributed by atoms with Gasteiger partial charge in [-0.1, -0.05) is 24.3 Å². The van der Waals surface area contributed by atoms with Crippen LogP contribution in [-0.2, 0) is 6.18 Å². The quantitative estimate of drug-likeness (QED) is 0.791. The Balaban J connectivity index is 1.94. The van der Waals surface area contributed by atoms with Crippen LogP contribution in [0, 0.1) is 0 Å². The van der Waals surface area contributed by atoms with E-state index in [0.29, 0.717) is 21.9 Å². The number of carbonyl (C=O) groups is 1. The molecule has 0 aliphatic carbocycles. The highest BCUT2D eigenvalue weighted by molar-refractivity contribution is 6.00. The Morgan fingerprint density at radius 2 is 1.68 bits per heavy atom. The molecule has 0 aromatic heterocycles. The van der Waals surface area contributed by atoms with Crippen LogP contribution in [0.1, 0.15) is 27.7 Å². The summed E-state index contributed by atoms with van der Waals surface area (Å²) in [5, 5.41) is 13.4. The molecule has 0 spiro atoms. The van der Waals surface area contributed by atoms with Crippen LogP contribution in [0.3, 0.4) is 0 Å². The molecule has 0 saturated heterocycles. The van der Waals surface area contributed by atoms with E-state index in [1.807, 2.05) is 0 Å². The molecule has 1 amide bonds. The molecule has 2 aromatic carbocycles. The summed E-state index contributed by atoms with van der Waals surface area (Å²) in [6, 6.07) is 10.9. The highest BCUT2D eigenvalue weighted by Crippen LogP contribution is 2.34. The van der Waals surface area contributed by atoms with Gasteiger partial charge in [-0.3, -0.25) is 10.0 Å². The topological polar surface area (TPSA) is 52.6 Å². The van der Waals surface area contributed by atoms with Gasteiger partial charge in [0.15, 0.2) is 6.17 Å². The number of hydrogen-bond donors (Lipinski definition) is 2. The molecule has 2 N–H and O–H groups in total. The molecular formula is C15H11F3N2O2. The molecule has 0 saturated carbocycles. The molecular weight excluding hydrogens is 297 g/mol. The van der Waals surface area contributed by atoms with Crippen molar-refractivity contribution in [3.8, 4) is 0 Å². The van der Waals surface area contributed by atoms with Gasteiger partial charge >= 0.3 is 6.18 Å². The Morgan fingerprint density at radius 3 is 2.32 bits per heavy atom. The normalized spacial score (nSPS) is 17.9. The van der Waals surface area contributed by atoms with Crippen LogP contribution in [0.15, 0.2) is 48.5 Å². The molecule has 22 heavy (non-hydrogen) atoms. The fourth-order valence-corrected chi connectivity index (χ4v) is 2.32. The van der Waals surface area contributed by atoms with E-state index < -0.39 is 23.8 Å². The summed E-state index contributed by atoms with van der Waals surface area (Å²) in [5.74, 6) is -0.612. The standard InChI is InChI=1S/C15H11F3N2O2/c16-15(17,18)10-7-5-9(6-8-10)13-19-12-4-2-1-3-11(12)14(21)20(13)22/h1-8,13,19,22H. The van der Waals surface area contributed by atoms with E-state index in [1.54, 1.807) is 24.3 Å². The Labute approximate surface area is 123 Å². The van der Waals surface area contributed by atoms with Crippen molar-refractivity contribution in [1.82, 2.24) is 5.06 Å². The lowest BCUT2D eigenvalue weighted by atomic mass is 10.0. The predicted molar refractivity (Wildman–Crippen MR) is 72.2 cm³/mol. The van der Waals surface area contributed by atoms with Crippen molar-refractivity contribution in [2.45, 2.75) is 12.3 Å². The first-order valence-corrected chi connectivity index (χ1v) is 6.43.